The second-order valence-corrected chi connectivity index (χ2v) is 5.61. The van der Waals surface area contributed by atoms with Crippen LogP contribution in [0.2, 0.25) is 0 Å². The minimum absolute atomic E-state index is 0.239. The van der Waals surface area contributed by atoms with Crippen molar-refractivity contribution >= 4 is 0 Å². The maximum Gasteiger partial charge on any atom is 0.0933 e. The van der Waals surface area contributed by atoms with Crippen molar-refractivity contribution in [2.24, 2.45) is 0 Å². The molecule has 0 aromatic rings. The predicted octanol–water partition coefficient (Wildman–Crippen LogP) is 1.30. The molecule has 2 fully saturated rings. The van der Waals surface area contributed by atoms with E-state index in [4.69, 9.17) is 9.47 Å². The van der Waals surface area contributed by atoms with Gasteiger partial charge in [0.2, 0.25) is 0 Å². The Kier molecular flexibility index (Phi) is 6.41. The zero-order chi connectivity index (χ0) is 12.6. The van der Waals surface area contributed by atoms with Crippen LogP contribution in [0.3, 0.4) is 0 Å². The Labute approximate surface area is 111 Å². The van der Waals surface area contributed by atoms with Crippen molar-refractivity contribution in [2.45, 2.75) is 57.2 Å². The molecule has 0 aliphatic carbocycles. The molecule has 2 N–H and O–H groups in total. The highest BCUT2D eigenvalue weighted by Crippen LogP contribution is 2.12. The van der Waals surface area contributed by atoms with E-state index in [0.717, 1.165) is 26.4 Å². The van der Waals surface area contributed by atoms with Crippen molar-refractivity contribution in [1.29, 1.82) is 0 Å². The molecule has 18 heavy (non-hydrogen) atoms. The Morgan fingerprint density at radius 1 is 1.28 bits per heavy atom. The van der Waals surface area contributed by atoms with Crippen LogP contribution in [0.15, 0.2) is 0 Å². The average Bonchev–Trinajstić information content (AvgIpc) is 2.66. The topological polar surface area (TPSA) is 42.5 Å². The van der Waals surface area contributed by atoms with Crippen LogP contribution >= 0.6 is 0 Å². The average molecular weight is 256 g/mol. The van der Waals surface area contributed by atoms with Gasteiger partial charge in [-0.05, 0) is 32.7 Å². The fourth-order valence-corrected chi connectivity index (χ4v) is 2.80. The number of hydrogen-bond acceptors (Lipinski definition) is 4. The quantitative estimate of drug-likeness (QED) is 0.778. The van der Waals surface area contributed by atoms with Crippen LogP contribution in [0.1, 0.15) is 39.0 Å². The van der Waals surface area contributed by atoms with Crippen LogP contribution < -0.4 is 10.6 Å². The zero-order valence-corrected chi connectivity index (χ0v) is 11.6. The van der Waals surface area contributed by atoms with Crippen molar-refractivity contribution in [3.05, 3.63) is 0 Å². The normalized spacial score (nSPS) is 31.8. The molecule has 2 saturated heterocycles. The van der Waals surface area contributed by atoms with Gasteiger partial charge in [0.05, 0.1) is 25.9 Å². The van der Waals surface area contributed by atoms with Gasteiger partial charge < -0.3 is 20.1 Å². The molecule has 4 nitrogen and oxygen atoms in total. The van der Waals surface area contributed by atoms with Crippen LogP contribution in [-0.4, -0.2) is 51.1 Å². The monoisotopic (exact) mass is 256 g/mol. The van der Waals surface area contributed by atoms with Crippen LogP contribution in [-0.2, 0) is 9.47 Å². The van der Waals surface area contributed by atoms with Crippen molar-refractivity contribution in [3.63, 3.8) is 0 Å². The van der Waals surface area contributed by atoms with Crippen molar-refractivity contribution in [2.75, 3.05) is 32.9 Å². The van der Waals surface area contributed by atoms with Crippen LogP contribution in [0.4, 0.5) is 0 Å². The van der Waals surface area contributed by atoms with E-state index in [1.54, 1.807) is 0 Å². The molecule has 2 heterocycles. The molecule has 4 heteroatoms. The lowest BCUT2D eigenvalue weighted by Crippen LogP contribution is -2.43. The van der Waals surface area contributed by atoms with Gasteiger partial charge >= 0.3 is 0 Å². The van der Waals surface area contributed by atoms with Gasteiger partial charge in [0.1, 0.15) is 0 Å². The molecular formula is C14H28N2O2. The van der Waals surface area contributed by atoms with Crippen LogP contribution in [0.5, 0.6) is 0 Å². The third kappa shape index (κ3) is 5.22. The Balaban J connectivity index is 1.59. The molecule has 0 aromatic heterocycles. The number of ether oxygens (including phenoxy) is 2. The van der Waals surface area contributed by atoms with Gasteiger partial charge in [-0.2, -0.15) is 0 Å². The lowest BCUT2D eigenvalue weighted by molar-refractivity contribution is -0.0870. The van der Waals surface area contributed by atoms with Crippen molar-refractivity contribution in [3.8, 4) is 0 Å². The molecule has 2 aliphatic rings. The number of hydrogen-bond donors (Lipinski definition) is 2. The summed E-state index contributed by atoms with van der Waals surface area (Å²) >= 11 is 0. The first-order valence-corrected chi connectivity index (χ1v) is 7.50. The van der Waals surface area contributed by atoms with Gasteiger partial charge in [0, 0.05) is 18.6 Å². The Hall–Kier alpha value is -0.160. The molecule has 0 amide bonds. The second-order valence-electron chi connectivity index (χ2n) is 5.61. The van der Waals surface area contributed by atoms with E-state index in [0.29, 0.717) is 12.1 Å². The summed E-state index contributed by atoms with van der Waals surface area (Å²) in [6.07, 6.45) is 6.89. The Morgan fingerprint density at radius 3 is 3.06 bits per heavy atom. The maximum atomic E-state index is 5.64. The number of nitrogens with one attached hydrogen (secondary N) is 2. The van der Waals surface area contributed by atoms with E-state index in [2.05, 4.69) is 17.6 Å². The molecule has 106 valence electrons. The van der Waals surface area contributed by atoms with Crippen molar-refractivity contribution < 1.29 is 9.47 Å². The lowest BCUT2D eigenvalue weighted by atomic mass is 10.0. The summed E-state index contributed by atoms with van der Waals surface area (Å²) in [7, 11) is 0. The highest BCUT2D eigenvalue weighted by molar-refractivity contribution is 4.77. The highest BCUT2D eigenvalue weighted by atomic mass is 16.6. The summed E-state index contributed by atoms with van der Waals surface area (Å²) in [5.41, 5.74) is 0. The minimum atomic E-state index is 0.239. The fourth-order valence-electron chi connectivity index (χ4n) is 2.80. The van der Waals surface area contributed by atoms with Gasteiger partial charge in [-0.25, -0.2) is 0 Å². The third-order valence-corrected chi connectivity index (χ3v) is 3.88. The standard InChI is InChI=1S/C14H28N2O2/c1-12(9-13-5-3-2-4-6-15-13)16-10-14-11-17-7-8-18-14/h12-16H,2-11H2,1H3. The van der Waals surface area contributed by atoms with E-state index in [-0.39, 0.29) is 6.10 Å². The third-order valence-electron chi connectivity index (χ3n) is 3.88. The summed E-state index contributed by atoms with van der Waals surface area (Å²) in [6, 6.07) is 1.24. The van der Waals surface area contributed by atoms with E-state index < -0.39 is 0 Å². The van der Waals surface area contributed by atoms with Gasteiger partial charge in [-0.15, -0.1) is 0 Å². The molecule has 0 saturated carbocycles. The number of rotatable bonds is 5. The SMILES string of the molecule is CC(CC1CCCCCN1)NCC1COCCO1. The van der Waals surface area contributed by atoms with Gasteiger partial charge in [-0.3, -0.25) is 0 Å². The summed E-state index contributed by atoms with van der Waals surface area (Å²) in [5, 5.41) is 7.23. The van der Waals surface area contributed by atoms with Crippen molar-refractivity contribution in [1.82, 2.24) is 10.6 Å². The molecule has 3 atom stereocenters. The van der Waals surface area contributed by atoms with E-state index in [9.17, 15) is 0 Å². The molecule has 0 aromatic carbocycles. The first-order valence-electron chi connectivity index (χ1n) is 7.50. The second kappa shape index (κ2) is 8.10. The Bertz CT molecular complexity index is 212. The molecular weight excluding hydrogens is 228 g/mol. The van der Waals surface area contributed by atoms with Crippen LogP contribution in [0, 0.1) is 0 Å². The molecule has 3 unspecified atom stereocenters. The smallest absolute Gasteiger partial charge is 0.0933 e. The molecule has 2 aliphatic heterocycles. The van der Waals surface area contributed by atoms with Crippen LogP contribution in [0.25, 0.3) is 0 Å². The summed E-state index contributed by atoms with van der Waals surface area (Å²) in [6.45, 7) is 6.60. The summed E-state index contributed by atoms with van der Waals surface area (Å²) in [5.74, 6) is 0. The minimum Gasteiger partial charge on any atom is -0.376 e. The van der Waals surface area contributed by atoms with E-state index in [1.807, 2.05) is 0 Å². The largest absolute Gasteiger partial charge is 0.376 e. The maximum absolute atomic E-state index is 5.64. The molecule has 0 radical (unpaired) electrons. The fraction of sp³-hybridized carbons (Fsp3) is 1.00. The Morgan fingerprint density at radius 2 is 2.22 bits per heavy atom. The predicted molar refractivity (Wildman–Crippen MR) is 72.9 cm³/mol. The lowest BCUT2D eigenvalue weighted by Gasteiger charge is -2.26. The van der Waals surface area contributed by atoms with E-state index >= 15 is 0 Å². The molecule has 0 bridgehead atoms. The first kappa shape index (κ1) is 14.3. The van der Waals surface area contributed by atoms with Gasteiger partial charge in [0.25, 0.3) is 0 Å². The van der Waals surface area contributed by atoms with Gasteiger partial charge in [0.15, 0.2) is 0 Å². The van der Waals surface area contributed by atoms with E-state index in [1.165, 1.54) is 38.6 Å². The zero-order valence-electron chi connectivity index (χ0n) is 11.6. The first-order chi connectivity index (χ1) is 8.84. The van der Waals surface area contributed by atoms with Gasteiger partial charge in [-0.1, -0.05) is 12.8 Å². The summed E-state index contributed by atoms with van der Waals surface area (Å²) < 4.78 is 11.0. The molecule has 2 rings (SSSR count). The summed E-state index contributed by atoms with van der Waals surface area (Å²) in [4.78, 5) is 0. The highest BCUT2D eigenvalue weighted by Gasteiger charge is 2.17. The molecule has 0 spiro atoms.